The molecule has 0 bridgehead atoms. The van der Waals surface area contributed by atoms with Crippen molar-refractivity contribution in [1.82, 2.24) is 5.32 Å². The van der Waals surface area contributed by atoms with Crippen LogP contribution < -0.4 is 5.32 Å². The normalized spacial score (nSPS) is 14.0. The molecule has 0 spiro atoms. The third-order valence-corrected chi connectivity index (χ3v) is 17.7. The molecule has 0 radical (unpaired) electrons. The van der Waals surface area contributed by atoms with Crippen molar-refractivity contribution in [1.29, 1.82) is 0 Å². The smallest absolute Gasteiger partial charge is 0.391 e. The van der Waals surface area contributed by atoms with Crippen LogP contribution in [-0.2, 0) is 18.4 Å². The summed E-state index contributed by atoms with van der Waals surface area (Å²) in [5.41, 5.74) is 0. The predicted octanol–water partition coefficient (Wildman–Crippen LogP) is 23.7. The molecule has 1 amide bonds. The first kappa shape index (κ1) is 82.9. The lowest BCUT2D eigenvalue weighted by Crippen LogP contribution is -2.46. The number of allylic oxidation sites excluding steroid dienone is 12. The van der Waals surface area contributed by atoms with Crippen molar-refractivity contribution in [3.63, 3.8) is 0 Å². The van der Waals surface area contributed by atoms with E-state index >= 15 is 0 Å². The van der Waals surface area contributed by atoms with Gasteiger partial charge in [-0.1, -0.05) is 356 Å². The number of quaternary nitrogens is 1. The van der Waals surface area contributed by atoms with Crippen molar-refractivity contribution in [3.05, 3.63) is 72.9 Å². The molecule has 0 saturated carbocycles. The molecule has 3 atom stereocenters. The highest BCUT2D eigenvalue weighted by Gasteiger charge is 2.28. The molecule has 498 valence electrons. The lowest BCUT2D eigenvalue weighted by atomic mass is 10.0. The van der Waals surface area contributed by atoms with Gasteiger partial charge in [-0.15, -0.1) is 0 Å². The van der Waals surface area contributed by atoms with Gasteiger partial charge in [0, 0.05) is 6.42 Å². The van der Waals surface area contributed by atoms with Gasteiger partial charge in [-0.2, -0.15) is 0 Å². The Hall–Kier alpha value is -2.06. The Kier molecular flexibility index (Phi) is 64.8. The number of likely N-dealkylation sites (N-methyl/N-ethyl adjacent to an activating group) is 1. The van der Waals surface area contributed by atoms with Gasteiger partial charge in [0.15, 0.2) is 0 Å². The lowest BCUT2D eigenvalue weighted by Gasteiger charge is -2.26. The molecule has 3 unspecified atom stereocenters. The number of aliphatic hydroxyl groups excluding tert-OH is 1. The van der Waals surface area contributed by atoms with E-state index in [-0.39, 0.29) is 19.1 Å². The zero-order valence-corrected chi connectivity index (χ0v) is 58.0. The van der Waals surface area contributed by atoms with Crippen LogP contribution in [0.2, 0.25) is 0 Å². The van der Waals surface area contributed by atoms with Crippen molar-refractivity contribution >= 4 is 13.7 Å². The summed E-state index contributed by atoms with van der Waals surface area (Å²) in [4.78, 5) is 23.5. The Bertz CT molecular complexity index is 1620. The van der Waals surface area contributed by atoms with E-state index in [4.69, 9.17) is 9.05 Å². The number of amides is 1. The van der Waals surface area contributed by atoms with Gasteiger partial charge in [0.1, 0.15) is 13.2 Å². The number of carbonyl (C=O) groups excluding carboxylic acids is 1. The average molecular weight is 1210 g/mol. The number of nitrogens with zero attached hydrogens (tertiary/aromatic N) is 1. The molecule has 0 saturated heterocycles. The molecule has 85 heavy (non-hydrogen) atoms. The predicted molar refractivity (Wildman–Crippen MR) is 373 cm³/mol. The molecule has 0 fully saturated rings. The summed E-state index contributed by atoms with van der Waals surface area (Å²) in [5, 5.41) is 14.2. The Morgan fingerprint density at radius 3 is 1.04 bits per heavy atom. The third kappa shape index (κ3) is 69.3. The number of hydrogen-bond acceptors (Lipinski definition) is 5. The zero-order valence-electron chi connectivity index (χ0n) is 57.1. The summed E-state index contributed by atoms with van der Waals surface area (Å²) >= 11 is 0. The van der Waals surface area contributed by atoms with Gasteiger partial charge in [0.05, 0.1) is 39.9 Å². The van der Waals surface area contributed by atoms with Crippen LogP contribution in [-0.4, -0.2) is 73.4 Å². The van der Waals surface area contributed by atoms with Crippen molar-refractivity contribution < 1.29 is 32.9 Å². The van der Waals surface area contributed by atoms with E-state index in [1.807, 2.05) is 21.1 Å². The van der Waals surface area contributed by atoms with Crippen molar-refractivity contribution in [2.45, 2.75) is 366 Å². The number of rotatable bonds is 68. The van der Waals surface area contributed by atoms with Crippen LogP contribution in [0.1, 0.15) is 354 Å². The number of carbonyl (C=O) groups is 1. The highest BCUT2D eigenvalue weighted by molar-refractivity contribution is 7.47. The van der Waals surface area contributed by atoms with E-state index in [0.717, 1.165) is 77.0 Å². The van der Waals surface area contributed by atoms with Crippen LogP contribution >= 0.6 is 7.82 Å². The number of nitrogens with one attached hydrogen (secondary N) is 1. The summed E-state index contributed by atoms with van der Waals surface area (Å²) < 4.78 is 23.9. The zero-order chi connectivity index (χ0) is 61.9. The monoisotopic (exact) mass is 1210 g/mol. The van der Waals surface area contributed by atoms with Crippen LogP contribution in [0.15, 0.2) is 72.9 Å². The molecule has 0 aliphatic rings. The van der Waals surface area contributed by atoms with Crippen molar-refractivity contribution in [3.8, 4) is 0 Å². The summed E-state index contributed by atoms with van der Waals surface area (Å²) in [6.45, 7) is 4.82. The summed E-state index contributed by atoms with van der Waals surface area (Å²) in [7, 11) is 1.63. The molecule has 0 rings (SSSR count). The van der Waals surface area contributed by atoms with Crippen LogP contribution in [0.3, 0.4) is 0 Å². The fraction of sp³-hybridized carbons (Fsp3) is 0.829. The second kappa shape index (κ2) is 66.4. The second-order valence-corrected chi connectivity index (χ2v) is 27.8. The number of phosphoric ester groups is 1. The number of phosphoric acid groups is 1. The van der Waals surface area contributed by atoms with E-state index in [1.54, 1.807) is 0 Å². The first-order valence-electron chi connectivity index (χ1n) is 36.8. The van der Waals surface area contributed by atoms with Gasteiger partial charge < -0.3 is 19.8 Å². The Labute approximate surface area is 529 Å². The lowest BCUT2D eigenvalue weighted by molar-refractivity contribution is -0.870. The van der Waals surface area contributed by atoms with Gasteiger partial charge in [-0.05, 0) is 64.2 Å². The quantitative estimate of drug-likeness (QED) is 0.0243. The first-order chi connectivity index (χ1) is 41.5. The third-order valence-electron chi connectivity index (χ3n) is 16.7. The minimum atomic E-state index is -4.33. The second-order valence-electron chi connectivity index (χ2n) is 26.3. The van der Waals surface area contributed by atoms with E-state index < -0.39 is 20.0 Å². The van der Waals surface area contributed by atoms with E-state index in [1.165, 1.54) is 250 Å². The number of hydrogen-bond donors (Lipinski definition) is 3. The maximum absolute atomic E-state index is 13.1. The molecule has 3 N–H and O–H groups in total. The van der Waals surface area contributed by atoms with Gasteiger partial charge in [-0.25, -0.2) is 4.57 Å². The highest BCUT2D eigenvalue weighted by atomic mass is 31.2. The van der Waals surface area contributed by atoms with E-state index in [9.17, 15) is 19.4 Å². The molecule has 9 heteroatoms. The maximum atomic E-state index is 13.1. The Balaban J connectivity index is 4.00. The van der Waals surface area contributed by atoms with Crippen LogP contribution in [0.25, 0.3) is 0 Å². The van der Waals surface area contributed by atoms with Gasteiger partial charge >= 0.3 is 7.82 Å². The standard InChI is InChI=1S/C76H143N2O6P/c1-6-8-10-12-14-16-18-20-22-24-26-28-30-32-34-36-37-38-39-40-41-42-44-46-48-50-52-54-56-58-60-62-64-66-68-70-76(80)77-74(73-84-85(81,82)83-72-71-78(3,4)5)75(79)69-67-65-63-61-59-57-55-53-51-49-47-45-43-35-33-31-29-27-25-23-21-19-17-15-13-11-9-7-2/h8,10,14,16,20,22,26,28,32,34,37-38,74-75,79H,6-7,9,11-13,15,17-19,21,23-25,27,29-31,33,35-36,39-73H2,1-5H3,(H-,77,80,81,82)/p+1/b10-8-,16-14-,22-20-,28-26-,34-32-,38-37-. The summed E-state index contributed by atoms with van der Waals surface area (Å²) in [6.07, 6.45) is 93.0. The van der Waals surface area contributed by atoms with Crippen LogP contribution in [0.4, 0.5) is 0 Å². The van der Waals surface area contributed by atoms with E-state index in [0.29, 0.717) is 23.9 Å². The molecule has 0 heterocycles. The number of unbranched alkanes of at least 4 members (excludes halogenated alkanes) is 43. The molecular weight excluding hydrogens is 1070 g/mol. The SMILES string of the molecule is CC/C=C\C/C=C\C/C=C\C/C=C\C/C=C\C/C=C\CCCCCCCCCCCCCCCCCCC(=O)NC(COP(=O)(O)OCC[N+](C)(C)C)C(O)CCCCCCCCCCCCCCCCCCCCCCCCCCCCCC. The van der Waals surface area contributed by atoms with Crippen LogP contribution in [0, 0.1) is 0 Å². The van der Waals surface area contributed by atoms with Gasteiger partial charge in [0.2, 0.25) is 5.91 Å². The van der Waals surface area contributed by atoms with Crippen molar-refractivity contribution in [2.75, 3.05) is 40.9 Å². The minimum Gasteiger partial charge on any atom is -0.391 e. The molecule has 0 aromatic rings. The Morgan fingerprint density at radius 1 is 0.412 bits per heavy atom. The molecular formula is C76H144N2O6P+. The summed E-state index contributed by atoms with van der Waals surface area (Å²) in [5.74, 6) is -0.140. The largest absolute Gasteiger partial charge is 0.472 e. The summed E-state index contributed by atoms with van der Waals surface area (Å²) in [6, 6.07) is -0.765. The van der Waals surface area contributed by atoms with Crippen LogP contribution in [0.5, 0.6) is 0 Å². The minimum absolute atomic E-state index is 0.0744. The molecule has 0 aromatic heterocycles. The number of aliphatic hydroxyl groups is 1. The fourth-order valence-electron chi connectivity index (χ4n) is 11.1. The fourth-order valence-corrected chi connectivity index (χ4v) is 11.8. The molecule has 0 aliphatic carbocycles. The topological polar surface area (TPSA) is 105 Å². The van der Waals surface area contributed by atoms with E-state index in [2.05, 4.69) is 92.1 Å². The maximum Gasteiger partial charge on any atom is 0.472 e. The highest BCUT2D eigenvalue weighted by Crippen LogP contribution is 2.43. The average Bonchev–Trinajstić information content (AvgIpc) is 3.48. The van der Waals surface area contributed by atoms with Crippen molar-refractivity contribution in [2.24, 2.45) is 0 Å². The van der Waals surface area contributed by atoms with Gasteiger partial charge in [-0.3, -0.25) is 13.8 Å². The van der Waals surface area contributed by atoms with Gasteiger partial charge in [0.25, 0.3) is 0 Å². The molecule has 0 aliphatic heterocycles. The first-order valence-corrected chi connectivity index (χ1v) is 38.3. The molecule has 0 aromatic carbocycles. The molecule has 8 nitrogen and oxygen atoms in total. The Morgan fingerprint density at radius 2 is 0.706 bits per heavy atom.